The number of anilines is 1. The first-order chi connectivity index (χ1) is 13.0. The summed E-state index contributed by atoms with van der Waals surface area (Å²) >= 11 is 0. The molecule has 5 heteroatoms. The molecular weight excluding hydrogens is 340 g/mol. The second kappa shape index (κ2) is 8.68. The van der Waals surface area contributed by atoms with Gasteiger partial charge in [0.25, 0.3) is 0 Å². The normalized spacial score (nSPS) is 18.0. The molecule has 27 heavy (non-hydrogen) atoms. The number of Topliss-reactive ketones (excluding diaryl/α,β-unsaturated/α-hetero) is 1. The lowest BCUT2D eigenvalue weighted by Gasteiger charge is -2.31. The van der Waals surface area contributed by atoms with Crippen LogP contribution in [0.15, 0.2) is 18.2 Å². The van der Waals surface area contributed by atoms with Crippen LogP contribution in [-0.4, -0.2) is 42.1 Å². The Bertz CT molecular complexity index is 720. The van der Waals surface area contributed by atoms with Gasteiger partial charge in [-0.2, -0.15) is 0 Å². The summed E-state index contributed by atoms with van der Waals surface area (Å²) in [5.74, 6) is 0.850. The zero-order chi connectivity index (χ0) is 19.4. The lowest BCUT2D eigenvalue weighted by Crippen LogP contribution is -2.37. The maximum Gasteiger partial charge on any atom is 0.223 e. The lowest BCUT2D eigenvalue weighted by molar-refractivity contribution is -0.130. The SMILES string of the molecule is CC(=O)N1CCC(CCC(=O)c2ccc3c(c2)N(C(C)=O)CCCC3)CC1. The third-order valence-electron chi connectivity index (χ3n) is 6.00. The Kier molecular flexibility index (Phi) is 6.30. The van der Waals surface area contributed by atoms with Crippen molar-refractivity contribution in [3.05, 3.63) is 29.3 Å². The van der Waals surface area contributed by atoms with Gasteiger partial charge in [0.05, 0.1) is 0 Å². The van der Waals surface area contributed by atoms with Crippen molar-refractivity contribution < 1.29 is 14.4 Å². The molecule has 0 saturated carbocycles. The van der Waals surface area contributed by atoms with Crippen LogP contribution in [0, 0.1) is 5.92 Å². The zero-order valence-electron chi connectivity index (χ0n) is 16.5. The van der Waals surface area contributed by atoms with Crippen LogP contribution in [0.5, 0.6) is 0 Å². The molecule has 0 aromatic heterocycles. The van der Waals surface area contributed by atoms with Crippen LogP contribution in [0.4, 0.5) is 5.69 Å². The number of piperidine rings is 1. The minimum absolute atomic E-state index is 0.0416. The number of carbonyl (C=O) groups excluding carboxylic acids is 3. The zero-order valence-corrected chi connectivity index (χ0v) is 16.5. The van der Waals surface area contributed by atoms with Gasteiger partial charge in [0.1, 0.15) is 0 Å². The van der Waals surface area contributed by atoms with Crippen LogP contribution in [0.25, 0.3) is 0 Å². The molecule has 2 amide bonds. The summed E-state index contributed by atoms with van der Waals surface area (Å²) in [6.07, 6.45) is 6.40. The third kappa shape index (κ3) is 4.76. The second-order valence-corrected chi connectivity index (χ2v) is 7.88. The molecule has 3 rings (SSSR count). The highest BCUT2D eigenvalue weighted by Crippen LogP contribution is 2.29. The fraction of sp³-hybridized carbons (Fsp3) is 0.591. The predicted molar refractivity (Wildman–Crippen MR) is 106 cm³/mol. The van der Waals surface area contributed by atoms with E-state index in [1.54, 1.807) is 13.8 Å². The third-order valence-corrected chi connectivity index (χ3v) is 6.00. The van der Waals surface area contributed by atoms with Crippen LogP contribution < -0.4 is 4.90 Å². The van der Waals surface area contributed by atoms with Crippen LogP contribution in [-0.2, 0) is 16.0 Å². The Balaban J connectivity index is 1.62. The fourth-order valence-electron chi connectivity index (χ4n) is 4.25. The number of hydrogen-bond acceptors (Lipinski definition) is 3. The van der Waals surface area contributed by atoms with Gasteiger partial charge < -0.3 is 9.80 Å². The van der Waals surface area contributed by atoms with E-state index in [-0.39, 0.29) is 17.6 Å². The minimum Gasteiger partial charge on any atom is -0.343 e. The first kappa shape index (κ1) is 19.6. The van der Waals surface area contributed by atoms with Crippen molar-refractivity contribution >= 4 is 23.3 Å². The maximum atomic E-state index is 12.7. The fourth-order valence-corrected chi connectivity index (χ4v) is 4.25. The first-order valence-corrected chi connectivity index (χ1v) is 10.2. The van der Waals surface area contributed by atoms with E-state index in [4.69, 9.17) is 0 Å². The molecule has 2 heterocycles. The lowest BCUT2D eigenvalue weighted by atomic mass is 9.90. The number of carbonyl (C=O) groups is 3. The molecule has 5 nitrogen and oxygen atoms in total. The number of benzene rings is 1. The molecule has 0 atom stereocenters. The standard InChI is InChI=1S/C22H30N2O3/c1-16(25)23-13-10-18(11-14-23)6-9-22(27)20-8-7-19-5-3-4-12-24(17(2)26)21(19)15-20/h7-8,15,18H,3-6,9-14H2,1-2H3. The molecule has 146 valence electrons. The van der Waals surface area contributed by atoms with E-state index >= 15 is 0 Å². The van der Waals surface area contributed by atoms with Crippen molar-refractivity contribution in [1.29, 1.82) is 0 Å². The molecule has 0 N–H and O–H groups in total. The summed E-state index contributed by atoms with van der Waals surface area (Å²) < 4.78 is 0. The average molecular weight is 370 g/mol. The summed E-state index contributed by atoms with van der Waals surface area (Å²) in [6.45, 7) is 5.55. The van der Waals surface area contributed by atoms with Gasteiger partial charge in [-0.15, -0.1) is 0 Å². The summed E-state index contributed by atoms with van der Waals surface area (Å²) in [7, 11) is 0. The Morgan fingerprint density at radius 2 is 1.74 bits per heavy atom. The number of ketones is 1. The molecule has 1 aromatic rings. The number of amides is 2. The quantitative estimate of drug-likeness (QED) is 0.761. The van der Waals surface area contributed by atoms with Gasteiger partial charge in [0.15, 0.2) is 5.78 Å². The van der Waals surface area contributed by atoms with E-state index in [1.807, 2.05) is 28.0 Å². The maximum absolute atomic E-state index is 12.7. The Labute approximate surface area is 161 Å². The summed E-state index contributed by atoms with van der Waals surface area (Å²) in [6, 6.07) is 5.86. The van der Waals surface area contributed by atoms with Crippen LogP contribution in [0.3, 0.4) is 0 Å². The summed E-state index contributed by atoms with van der Waals surface area (Å²) in [5, 5.41) is 0. The number of fused-ring (bicyclic) bond motifs is 1. The van der Waals surface area contributed by atoms with Gasteiger partial charge in [-0.05, 0) is 56.1 Å². The van der Waals surface area contributed by atoms with Crippen molar-refractivity contribution in [2.24, 2.45) is 5.92 Å². The van der Waals surface area contributed by atoms with E-state index in [1.165, 1.54) is 0 Å². The van der Waals surface area contributed by atoms with Crippen LogP contribution >= 0.6 is 0 Å². The van der Waals surface area contributed by atoms with Gasteiger partial charge in [-0.25, -0.2) is 0 Å². The monoisotopic (exact) mass is 370 g/mol. The Hall–Kier alpha value is -2.17. The largest absolute Gasteiger partial charge is 0.343 e. The van der Waals surface area contributed by atoms with E-state index in [9.17, 15) is 14.4 Å². The number of likely N-dealkylation sites (tertiary alicyclic amines) is 1. The second-order valence-electron chi connectivity index (χ2n) is 7.88. The number of rotatable bonds is 4. The van der Waals surface area contributed by atoms with Crippen LogP contribution in [0.2, 0.25) is 0 Å². The average Bonchev–Trinajstić information content (AvgIpc) is 2.88. The molecule has 2 aliphatic heterocycles. The Morgan fingerprint density at radius 1 is 1.00 bits per heavy atom. The molecule has 1 saturated heterocycles. The first-order valence-electron chi connectivity index (χ1n) is 10.2. The van der Waals surface area contributed by atoms with Crippen molar-refractivity contribution in [3.8, 4) is 0 Å². The van der Waals surface area contributed by atoms with E-state index in [0.29, 0.717) is 17.9 Å². The van der Waals surface area contributed by atoms with Crippen molar-refractivity contribution in [1.82, 2.24) is 4.90 Å². The van der Waals surface area contributed by atoms with E-state index < -0.39 is 0 Å². The predicted octanol–water partition coefficient (Wildman–Crippen LogP) is 3.60. The molecule has 2 aliphatic rings. The Morgan fingerprint density at radius 3 is 2.41 bits per heavy atom. The molecular formula is C22H30N2O3. The molecule has 1 aromatic carbocycles. The van der Waals surface area contributed by atoms with Gasteiger partial charge in [0.2, 0.25) is 11.8 Å². The smallest absolute Gasteiger partial charge is 0.223 e. The minimum atomic E-state index is 0.0416. The van der Waals surface area contributed by atoms with Gasteiger partial charge in [-0.1, -0.05) is 12.1 Å². The number of nitrogens with zero attached hydrogens (tertiary/aromatic N) is 2. The van der Waals surface area contributed by atoms with Crippen molar-refractivity contribution in [3.63, 3.8) is 0 Å². The molecule has 0 bridgehead atoms. The number of aryl methyl sites for hydroxylation is 1. The topological polar surface area (TPSA) is 57.7 Å². The van der Waals surface area contributed by atoms with E-state index in [2.05, 4.69) is 0 Å². The van der Waals surface area contributed by atoms with Crippen molar-refractivity contribution in [2.75, 3.05) is 24.5 Å². The van der Waals surface area contributed by atoms with E-state index in [0.717, 1.165) is 69.4 Å². The van der Waals surface area contributed by atoms with Gasteiger partial charge in [-0.3, -0.25) is 14.4 Å². The van der Waals surface area contributed by atoms with Gasteiger partial charge >= 0.3 is 0 Å². The molecule has 0 unspecified atom stereocenters. The molecule has 0 aliphatic carbocycles. The van der Waals surface area contributed by atoms with Crippen molar-refractivity contribution in [2.45, 2.75) is 58.8 Å². The summed E-state index contributed by atoms with van der Waals surface area (Å²) in [4.78, 5) is 39.9. The molecule has 0 spiro atoms. The summed E-state index contributed by atoms with van der Waals surface area (Å²) in [5.41, 5.74) is 2.79. The highest BCUT2D eigenvalue weighted by atomic mass is 16.2. The van der Waals surface area contributed by atoms with Crippen LogP contribution in [0.1, 0.15) is 68.3 Å². The van der Waals surface area contributed by atoms with Gasteiger partial charge in [0, 0.05) is 51.2 Å². The molecule has 1 fully saturated rings. The molecule has 0 radical (unpaired) electrons. The highest BCUT2D eigenvalue weighted by molar-refractivity contribution is 5.99. The highest BCUT2D eigenvalue weighted by Gasteiger charge is 2.23. The number of hydrogen-bond donors (Lipinski definition) is 0.